The number of ketones is 1. The van der Waals surface area contributed by atoms with E-state index in [0.717, 1.165) is 0 Å². The van der Waals surface area contributed by atoms with E-state index in [1.54, 1.807) is 30.5 Å². The summed E-state index contributed by atoms with van der Waals surface area (Å²) < 4.78 is 13.5. The van der Waals surface area contributed by atoms with E-state index >= 15 is 0 Å². The molecule has 2 unspecified atom stereocenters. The molecule has 0 spiro atoms. The van der Waals surface area contributed by atoms with Gasteiger partial charge in [-0.25, -0.2) is 14.4 Å². The summed E-state index contributed by atoms with van der Waals surface area (Å²) in [5, 5.41) is 3.69. The van der Waals surface area contributed by atoms with Crippen molar-refractivity contribution in [2.45, 2.75) is 11.2 Å². The van der Waals surface area contributed by atoms with Crippen LogP contribution in [0.1, 0.15) is 27.5 Å². The molecular weight excluding hydrogens is 391 g/mol. The predicted octanol–water partition coefficient (Wildman–Crippen LogP) is 3.73. The number of H-pyrrole nitrogens is 1. The number of aromatic amines is 1. The summed E-state index contributed by atoms with van der Waals surface area (Å²) in [6.45, 7) is 0. The van der Waals surface area contributed by atoms with E-state index in [1.807, 2.05) is 12.1 Å². The number of aliphatic imine (C=N–C) groups is 1. The van der Waals surface area contributed by atoms with Crippen LogP contribution in [0.25, 0.3) is 0 Å². The molecule has 29 heavy (non-hydrogen) atoms. The molecule has 3 aromatic rings. The van der Waals surface area contributed by atoms with Gasteiger partial charge in [0.25, 0.3) is 5.56 Å². The Kier molecular flexibility index (Phi) is 4.09. The predicted molar refractivity (Wildman–Crippen MR) is 110 cm³/mol. The van der Waals surface area contributed by atoms with Crippen LogP contribution < -0.4 is 10.9 Å². The lowest BCUT2D eigenvalue weighted by Gasteiger charge is -2.23. The maximum atomic E-state index is 13.5. The minimum absolute atomic E-state index is 0.0875. The maximum absolute atomic E-state index is 13.5. The number of Topliss-reactive ketones (excluding diaryl/α,β-unsaturated/α-hetero) is 1. The Morgan fingerprint density at radius 3 is 2.48 bits per heavy atom. The molecule has 0 radical (unpaired) electrons. The van der Waals surface area contributed by atoms with Gasteiger partial charge in [0.2, 0.25) is 0 Å². The van der Waals surface area contributed by atoms with Crippen molar-refractivity contribution in [1.29, 1.82) is 0 Å². The van der Waals surface area contributed by atoms with Crippen LogP contribution in [0.5, 0.6) is 0 Å². The highest BCUT2D eigenvalue weighted by Crippen LogP contribution is 2.42. The van der Waals surface area contributed by atoms with E-state index in [4.69, 9.17) is 0 Å². The molecule has 1 aromatic heterocycles. The Labute approximate surface area is 169 Å². The normalized spacial score (nSPS) is 19.5. The van der Waals surface area contributed by atoms with Gasteiger partial charge in [0.15, 0.2) is 22.4 Å². The number of nitrogens with one attached hydrogen (secondary N) is 2. The fourth-order valence-corrected chi connectivity index (χ4v) is 4.24. The van der Waals surface area contributed by atoms with Gasteiger partial charge in [0.1, 0.15) is 5.82 Å². The van der Waals surface area contributed by atoms with Crippen LogP contribution in [0.15, 0.2) is 63.5 Å². The zero-order valence-electron chi connectivity index (χ0n) is 15.3. The number of nitrogens with zero attached hydrogens (tertiary/aromatic N) is 2. The summed E-state index contributed by atoms with van der Waals surface area (Å²) in [5.74, 6) is -0.795. The third-order valence-electron chi connectivity index (χ3n) is 5.20. The fraction of sp³-hybridized carbons (Fsp3) is 0.143. The van der Waals surface area contributed by atoms with Crippen molar-refractivity contribution in [3.63, 3.8) is 0 Å². The first-order chi connectivity index (χ1) is 14.1. The molecule has 2 heterocycles. The number of anilines is 1. The minimum Gasteiger partial charge on any atom is -0.360 e. The third kappa shape index (κ3) is 2.79. The number of hydrogen-bond acceptors (Lipinski definition) is 6. The number of hydrogen-bond donors (Lipinski definition) is 2. The summed E-state index contributed by atoms with van der Waals surface area (Å²) in [5.41, 5.74) is 2.27. The quantitative estimate of drug-likeness (QED) is 0.500. The summed E-state index contributed by atoms with van der Waals surface area (Å²) in [6.07, 6.45) is 1.80. The first-order valence-electron chi connectivity index (χ1n) is 8.99. The molecule has 2 atom stereocenters. The van der Waals surface area contributed by atoms with Crippen LogP contribution in [-0.2, 0) is 0 Å². The number of fused-ring (bicyclic) bond motifs is 4. The van der Waals surface area contributed by atoms with Crippen LogP contribution in [0.4, 0.5) is 15.9 Å². The number of thioether (sulfide) groups is 1. The number of aromatic nitrogens is 2. The molecule has 6 nitrogen and oxygen atoms in total. The van der Waals surface area contributed by atoms with E-state index in [1.165, 1.54) is 23.9 Å². The molecule has 2 aromatic carbocycles. The van der Waals surface area contributed by atoms with Crippen molar-refractivity contribution in [2.24, 2.45) is 10.9 Å². The molecule has 2 N–H and O–H groups in total. The van der Waals surface area contributed by atoms with E-state index in [0.29, 0.717) is 33.4 Å². The number of carbonyl (C=O) groups is 1. The van der Waals surface area contributed by atoms with E-state index in [-0.39, 0.29) is 22.8 Å². The van der Waals surface area contributed by atoms with Crippen molar-refractivity contribution in [3.8, 4) is 0 Å². The van der Waals surface area contributed by atoms with Gasteiger partial charge >= 0.3 is 0 Å². The molecule has 8 heteroatoms. The average Bonchev–Trinajstić information content (AvgIpc) is 2.89. The molecule has 2 aliphatic rings. The number of halogens is 1. The Bertz CT molecular complexity index is 1240. The van der Waals surface area contributed by atoms with Crippen molar-refractivity contribution in [3.05, 3.63) is 81.4 Å². The van der Waals surface area contributed by atoms with Gasteiger partial charge < -0.3 is 5.32 Å². The second-order valence-corrected chi connectivity index (χ2v) is 7.63. The number of rotatable bonds is 2. The summed E-state index contributed by atoms with van der Waals surface area (Å²) >= 11 is 1.30. The van der Waals surface area contributed by atoms with Gasteiger partial charge in [-0.1, -0.05) is 48.2 Å². The molecule has 0 fully saturated rings. The highest BCUT2D eigenvalue weighted by Gasteiger charge is 2.44. The lowest BCUT2D eigenvalue weighted by Crippen LogP contribution is -2.29. The highest BCUT2D eigenvalue weighted by molar-refractivity contribution is 7.98. The molecule has 0 saturated heterocycles. The zero-order valence-corrected chi connectivity index (χ0v) is 16.1. The molecule has 0 saturated carbocycles. The maximum Gasteiger partial charge on any atom is 0.279 e. The van der Waals surface area contributed by atoms with Crippen LogP contribution in [-0.4, -0.2) is 27.7 Å². The van der Waals surface area contributed by atoms with E-state index in [9.17, 15) is 14.0 Å². The lowest BCUT2D eigenvalue weighted by molar-refractivity contribution is 0.0952. The van der Waals surface area contributed by atoms with Crippen LogP contribution in [0.2, 0.25) is 0 Å². The standard InChI is InChI=1S/C21H15FN4O2S/c1-29-21-25-19-17(20(28)26-21)23-16-12-4-2-3-5-13(12)18(27)14(16)15(24-19)10-6-8-11(22)9-7-10/h2-9,14-15H,1H3,(H2,24,25,26,28). The minimum atomic E-state index is -0.649. The van der Waals surface area contributed by atoms with Crippen LogP contribution in [0, 0.1) is 11.7 Å². The van der Waals surface area contributed by atoms with Crippen molar-refractivity contribution in [2.75, 3.05) is 11.6 Å². The van der Waals surface area contributed by atoms with E-state index < -0.39 is 12.0 Å². The lowest BCUT2D eigenvalue weighted by atomic mass is 9.88. The van der Waals surface area contributed by atoms with Gasteiger partial charge in [-0.2, -0.15) is 0 Å². The van der Waals surface area contributed by atoms with Crippen molar-refractivity contribution in [1.82, 2.24) is 9.97 Å². The van der Waals surface area contributed by atoms with Crippen LogP contribution >= 0.6 is 11.8 Å². The Balaban J connectivity index is 1.78. The molecule has 1 aliphatic heterocycles. The molecule has 0 bridgehead atoms. The monoisotopic (exact) mass is 406 g/mol. The summed E-state index contributed by atoms with van der Waals surface area (Å²) in [4.78, 5) is 37.7. The summed E-state index contributed by atoms with van der Waals surface area (Å²) in [7, 11) is 0. The third-order valence-corrected chi connectivity index (χ3v) is 5.78. The molecule has 1 aliphatic carbocycles. The first-order valence-corrected chi connectivity index (χ1v) is 10.2. The molecule has 144 valence electrons. The van der Waals surface area contributed by atoms with Gasteiger partial charge in [-0.05, 0) is 24.0 Å². The van der Waals surface area contributed by atoms with Gasteiger partial charge in [-0.3, -0.25) is 14.6 Å². The smallest absolute Gasteiger partial charge is 0.279 e. The van der Waals surface area contributed by atoms with Gasteiger partial charge in [-0.15, -0.1) is 0 Å². The SMILES string of the molecule is CSc1nc2c(c(=O)[nH]1)N=C1c3ccccc3C(=O)C1C(c1ccc(F)cc1)N2. The second-order valence-electron chi connectivity index (χ2n) is 6.83. The van der Waals surface area contributed by atoms with Crippen molar-refractivity contribution < 1.29 is 9.18 Å². The largest absolute Gasteiger partial charge is 0.360 e. The average molecular weight is 406 g/mol. The Morgan fingerprint density at radius 1 is 1.03 bits per heavy atom. The number of carbonyl (C=O) groups excluding carboxylic acids is 1. The highest BCUT2D eigenvalue weighted by atomic mass is 32.2. The second kappa shape index (κ2) is 6.66. The summed E-state index contributed by atoms with van der Waals surface area (Å²) in [6, 6.07) is 12.7. The number of benzene rings is 2. The molecule has 0 amide bonds. The topological polar surface area (TPSA) is 87.2 Å². The van der Waals surface area contributed by atoms with E-state index in [2.05, 4.69) is 20.3 Å². The molecular formula is C21H15FN4O2S. The first kappa shape index (κ1) is 17.8. The zero-order chi connectivity index (χ0) is 20.1. The Hall–Kier alpha value is -3.26. The molecule has 5 rings (SSSR count). The van der Waals surface area contributed by atoms with Gasteiger partial charge in [0.05, 0.1) is 17.7 Å². The van der Waals surface area contributed by atoms with Gasteiger partial charge in [0, 0.05) is 11.1 Å². The van der Waals surface area contributed by atoms with Crippen molar-refractivity contribution >= 4 is 34.8 Å². The van der Waals surface area contributed by atoms with Crippen LogP contribution in [0.3, 0.4) is 0 Å². The fourth-order valence-electron chi connectivity index (χ4n) is 3.86. The Morgan fingerprint density at radius 2 is 1.76 bits per heavy atom.